The zero-order chi connectivity index (χ0) is 11.4. The van der Waals surface area contributed by atoms with Crippen LogP contribution in [-0.2, 0) is 4.74 Å². The maximum absolute atomic E-state index is 10.0. The van der Waals surface area contributed by atoms with Crippen molar-refractivity contribution in [3.8, 4) is 0 Å². The normalized spacial score (nSPS) is 9.56. The van der Waals surface area contributed by atoms with E-state index in [0.29, 0.717) is 6.61 Å². The molecule has 0 aromatic rings. The maximum atomic E-state index is 10.0. The van der Waals surface area contributed by atoms with Crippen molar-refractivity contribution in [2.24, 2.45) is 0 Å². The Bertz CT molecular complexity index is 157. The molecule has 0 aliphatic heterocycles. The second-order valence-electron chi connectivity index (χ2n) is 3.94. The van der Waals surface area contributed by atoms with E-state index in [2.05, 4.69) is 11.7 Å². The Morgan fingerprint density at radius 1 is 1.00 bits per heavy atom. The summed E-state index contributed by atoms with van der Waals surface area (Å²) in [5.41, 5.74) is 0. The van der Waals surface area contributed by atoms with Gasteiger partial charge in [-0.25, -0.2) is 4.79 Å². The summed E-state index contributed by atoms with van der Waals surface area (Å²) in [5, 5.41) is 8.21. The van der Waals surface area contributed by atoms with Crippen LogP contribution in [0.3, 0.4) is 0 Å². The van der Waals surface area contributed by atoms with Gasteiger partial charge in [0.1, 0.15) is 0 Å². The van der Waals surface area contributed by atoms with E-state index < -0.39 is 6.16 Å². The number of hydrogen-bond acceptors (Lipinski definition) is 2. The average Bonchev–Trinajstić information content (AvgIpc) is 2.20. The van der Waals surface area contributed by atoms with Gasteiger partial charge in [-0.2, -0.15) is 0 Å². The third-order valence-electron chi connectivity index (χ3n) is 2.47. The molecule has 0 aliphatic carbocycles. The van der Waals surface area contributed by atoms with E-state index in [1.807, 2.05) is 0 Å². The van der Waals surface area contributed by atoms with Crippen molar-refractivity contribution in [2.75, 3.05) is 6.61 Å². The van der Waals surface area contributed by atoms with Crippen LogP contribution < -0.4 is 18.9 Å². The molecule has 0 aromatic heterocycles. The van der Waals surface area contributed by atoms with Crippen LogP contribution in [0.2, 0.25) is 0 Å². The van der Waals surface area contributed by atoms with E-state index in [1.54, 1.807) is 0 Å². The van der Waals surface area contributed by atoms with Gasteiger partial charge in [-0.05, 0) is 6.42 Å². The van der Waals surface area contributed by atoms with Gasteiger partial charge in [-0.3, -0.25) is 0 Å². The standard InChI is InChI=1S/C12H24O3.Li.H/c1-2-3-4-5-6-7-8-9-10-11-15-12(13)14;;/h2-11H2,1H3,(H,13,14);;/q;+1;-1. The van der Waals surface area contributed by atoms with Crippen molar-refractivity contribution < 1.29 is 34.9 Å². The fraction of sp³-hybridized carbons (Fsp3) is 0.917. The number of rotatable bonds is 10. The number of carboxylic acid groups (broad SMARTS) is 1. The van der Waals surface area contributed by atoms with Crippen LogP contribution in [-0.4, -0.2) is 17.9 Å². The molecule has 0 heterocycles. The fourth-order valence-corrected chi connectivity index (χ4v) is 1.57. The van der Waals surface area contributed by atoms with Crippen molar-refractivity contribution in [2.45, 2.75) is 64.7 Å². The second-order valence-corrected chi connectivity index (χ2v) is 3.94. The SMILES string of the molecule is CCCCCCCCCCCOC(=O)O.[H-].[Li+]. The maximum Gasteiger partial charge on any atom is 1.00 e. The van der Waals surface area contributed by atoms with Crippen molar-refractivity contribution >= 4 is 6.16 Å². The van der Waals surface area contributed by atoms with E-state index in [-0.39, 0.29) is 20.3 Å². The van der Waals surface area contributed by atoms with E-state index in [4.69, 9.17) is 5.11 Å². The molecule has 0 aliphatic rings. The summed E-state index contributed by atoms with van der Waals surface area (Å²) < 4.78 is 4.42. The van der Waals surface area contributed by atoms with Gasteiger partial charge in [0.25, 0.3) is 0 Å². The molecule has 1 N–H and O–H groups in total. The molecular weight excluding hydrogens is 199 g/mol. The summed E-state index contributed by atoms with van der Waals surface area (Å²) in [6.07, 6.45) is 9.94. The summed E-state index contributed by atoms with van der Waals surface area (Å²) in [5.74, 6) is 0. The molecule has 0 bridgehead atoms. The Balaban J connectivity index is -0.000000980. The van der Waals surface area contributed by atoms with Crippen LogP contribution in [0, 0.1) is 0 Å². The third kappa shape index (κ3) is 16.3. The van der Waals surface area contributed by atoms with E-state index in [0.717, 1.165) is 12.8 Å². The van der Waals surface area contributed by atoms with Crippen molar-refractivity contribution in [3.63, 3.8) is 0 Å². The molecule has 0 spiro atoms. The minimum atomic E-state index is -1.16. The van der Waals surface area contributed by atoms with Crippen LogP contribution in [0.15, 0.2) is 0 Å². The molecule has 0 fully saturated rings. The van der Waals surface area contributed by atoms with Gasteiger partial charge in [-0.1, -0.05) is 58.3 Å². The summed E-state index contributed by atoms with van der Waals surface area (Å²) >= 11 is 0. The average molecular weight is 224 g/mol. The molecule has 0 rings (SSSR count). The molecule has 0 unspecified atom stereocenters. The van der Waals surface area contributed by atoms with E-state index in [1.165, 1.54) is 44.9 Å². The van der Waals surface area contributed by atoms with Gasteiger partial charge < -0.3 is 11.3 Å². The first-order valence-electron chi connectivity index (χ1n) is 6.13. The van der Waals surface area contributed by atoms with Crippen molar-refractivity contribution in [1.82, 2.24) is 0 Å². The first-order valence-corrected chi connectivity index (χ1v) is 6.13. The Morgan fingerprint density at radius 3 is 1.88 bits per heavy atom. The predicted molar refractivity (Wildman–Crippen MR) is 62.3 cm³/mol. The fourth-order valence-electron chi connectivity index (χ4n) is 1.57. The number of ether oxygens (including phenoxy) is 1. The van der Waals surface area contributed by atoms with Crippen LogP contribution in [0.4, 0.5) is 4.79 Å². The summed E-state index contributed by atoms with van der Waals surface area (Å²) in [6, 6.07) is 0. The molecule has 3 nitrogen and oxygen atoms in total. The van der Waals surface area contributed by atoms with E-state index >= 15 is 0 Å². The minimum absolute atomic E-state index is 0. The van der Waals surface area contributed by atoms with Crippen LogP contribution in [0.5, 0.6) is 0 Å². The first-order chi connectivity index (χ1) is 7.27. The van der Waals surface area contributed by atoms with Gasteiger partial charge in [0.15, 0.2) is 0 Å². The smallest absolute Gasteiger partial charge is 1.00 e. The minimum Gasteiger partial charge on any atom is -1.00 e. The van der Waals surface area contributed by atoms with Gasteiger partial charge in [-0.15, -0.1) is 0 Å². The monoisotopic (exact) mass is 224 g/mol. The second kappa shape index (κ2) is 14.9. The molecule has 0 aromatic carbocycles. The zero-order valence-corrected chi connectivity index (χ0v) is 10.8. The topological polar surface area (TPSA) is 46.5 Å². The predicted octanol–water partition coefficient (Wildman–Crippen LogP) is 1.33. The molecule has 0 saturated heterocycles. The van der Waals surface area contributed by atoms with Crippen molar-refractivity contribution in [1.29, 1.82) is 0 Å². The van der Waals surface area contributed by atoms with Crippen LogP contribution in [0.1, 0.15) is 66.1 Å². The zero-order valence-electron chi connectivity index (χ0n) is 11.8. The molecule has 0 atom stereocenters. The number of carbonyl (C=O) groups is 1. The molecule has 92 valence electrons. The Labute approximate surface area is 113 Å². The van der Waals surface area contributed by atoms with Gasteiger partial charge >= 0.3 is 25.0 Å². The molecule has 0 amide bonds. The Kier molecular flexibility index (Phi) is 16.9. The molecule has 0 radical (unpaired) electrons. The molecule has 0 saturated carbocycles. The van der Waals surface area contributed by atoms with Crippen LogP contribution in [0.25, 0.3) is 0 Å². The Hall–Kier alpha value is -0.133. The quantitative estimate of drug-likeness (QED) is 0.346. The first kappa shape index (κ1) is 18.2. The third-order valence-corrected chi connectivity index (χ3v) is 2.47. The van der Waals surface area contributed by atoms with Gasteiger partial charge in [0, 0.05) is 0 Å². The molecular formula is C12H25LiO3. The molecule has 16 heavy (non-hydrogen) atoms. The number of unbranched alkanes of at least 4 members (excludes halogenated alkanes) is 8. The Morgan fingerprint density at radius 2 is 1.44 bits per heavy atom. The summed E-state index contributed by atoms with van der Waals surface area (Å²) in [6.45, 7) is 2.58. The molecule has 4 heteroatoms. The number of hydrogen-bond donors (Lipinski definition) is 1. The van der Waals surface area contributed by atoms with Gasteiger partial charge in [0.05, 0.1) is 6.61 Å². The van der Waals surface area contributed by atoms with E-state index in [9.17, 15) is 4.79 Å². The largest absolute Gasteiger partial charge is 1.00 e. The summed E-state index contributed by atoms with van der Waals surface area (Å²) in [4.78, 5) is 10.0. The van der Waals surface area contributed by atoms with Crippen LogP contribution >= 0.6 is 0 Å². The summed E-state index contributed by atoms with van der Waals surface area (Å²) in [7, 11) is 0. The van der Waals surface area contributed by atoms with Gasteiger partial charge in [0.2, 0.25) is 0 Å². The van der Waals surface area contributed by atoms with Crippen molar-refractivity contribution in [3.05, 3.63) is 0 Å².